The molecule has 1 saturated heterocycles. The number of nitrogens with zero attached hydrogens (tertiary/aromatic N) is 2. The minimum absolute atomic E-state index is 0.0361. The molecule has 2 aromatic rings. The fourth-order valence-corrected chi connectivity index (χ4v) is 6.53. The van der Waals surface area contributed by atoms with Gasteiger partial charge in [0.05, 0.1) is 5.75 Å². The van der Waals surface area contributed by atoms with Gasteiger partial charge in [-0.2, -0.15) is 0 Å². The van der Waals surface area contributed by atoms with Crippen LogP contribution in [0.15, 0.2) is 46.1 Å². The van der Waals surface area contributed by atoms with Gasteiger partial charge in [-0.25, -0.2) is 12.7 Å². The minimum Gasteiger partial charge on any atom is -0.311 e. The molecular weight excluding hydrogens is 392 g/mol. The number of hydrogen-bond acceptors (Lipinski definition) is 4. The predicted molar refractivity (Wildman–Crippen MR) is 114 cm³/mol. The van der Waals surface area contributed by atoms with Gasteiger partial charge < -0.3 is 4.57 Å². The standard InChI is InChI=1S/C21H26N2O3S2/c1-3-10-28(25,26)22-12-15-11-17(14-22)20-9-8-19(21(24)23(20)13-15)16-4-6-18(27-2)7-5-16/h4-9,15,17H,3,10-14H2,1-2H3/t15-,17-/m1/s1. The molecule has 0 saturated carbocycles. The minimum atomic E-state index is -3.20. The highest BCUT2D eigenvalue weighted by Crippen LogP contribution is 2.37. The Kier molecular flexibility index (Phi) is 5.42. The van der Waals surface area contributed by atoms with Crippen LogP contribution < -0.4 is 5.56 Å². The van der Waals surface area contributed by atoms with E-state index in [4.69, 9.17) is 0 Å². The lowest BCUT2D eigenvalue weighted by atomic mass is 9.84. The number of pyridine rings is 1. The van der Waals surface area contributed by atoms with Gasteiger partial charge in [0, 0.05) is 41.7 Å². The van der Waals surface area contributed by atoms with E-state index >= 15 is 0 Å². The van der Waals surface area contributed by atoms with Crippen molar-refractivity contribution in [2.24, 2.45) is 5.92 Å². The van der Waals surface area contributed by atoms with Gasteiger partial charge in [0.2, 0.25) is 10.0 Å². The molecular formula is C21H26N2O3S2. The van der Waals surface area contributed by atoms with Crippen molar-refractivity contribution in [3.05, 3.63) is 52.4 Å². The van der Waals surface area contributed by atoms with Gasteiger partial charge in [0.15, 0.2) is 0 Å². The van der Waals surface area contributed by atoms with Crippen molar-refractivity contribution in [2.75, 3.05) is 25.1 Å². The topological polar surface area (TPSA) is 59.4 Å². The van der Waals surface area contributed by atoms with Crippen molar-refractivity contribution < 1.29 is 8.42 Å². The van der Waals surface area contributed by atoms with Gasteiger partial charge >= 0.3 is 0 Å². The summed E-state index contributed by atoms with van der Waals surface area (Å²) in [4.78, 5) is 14.4. The molecule has 2 atom stereocenters. The summed E-state index contributed by atoms with van der Waals surface area (Å²) in [6.45, 7) is 3.50. The number of thioether (sulfide) groups is 1. The van der Waals surface area contributed by atoms with E-state index in [1.54, 1.807) is 16.1 Å². The van der Waals surface area contributed by atoms with Crippen LogP contribution >= 0.6 is 11.8 Å². The Morgan fingerprint density at radius 1 is 1.07 bits per heavy atom. The monoisotopic (exact) mass is 418 g/mol. The summed E-state index contributed by atoms with van der Waals surface area (Å²) in [5.74, 6) is 0.494. The highest BCUT2D eigenvalue weighted by atomic mass is 32.2. The smallest absolute Gasteiger partial charge is 0.258 e. The summed E-state index contributed by atoms with van der Waals surface area (Å²) < 4.78 is 28.6. The molecule has 1 fully saturated rings. The zero-order valence-electron chi connectivity index (χ0n) is 16.3. The summed E-state index contributed by atoms with van der Waals surface area (Å²) >= 11 is 1.68. The maximum atomic E-state index is 13.2. The van der Waals surface area contributed by atoms with Crippen molar-refractivity contribution >= 4 is 21.8 Å². The first-order valence-electron chi connectivity index (χ1n) is 9.79. The molecule has 0 amide bonds. The van der Waals surface area contributed by atoms with E-state index in [-0.39, 0.29) is 23.1 Å². The average molecular weight is 419 g/mol. The van der Waals surface area contributed by atoms with Crippen LogP contribution in [0.3, 0.4) is 0 Å². The van der Waals surface area contributed by atoms with Gasteiger partial charge in [-0.1, -0.05) is 19.1 Å². The number of benzene rings is 1. The number of piperidine rings is 1. The van der Waals surface area contributed by atoms with Crippen LogP contribution in [0.25, 0.3) is 11.1 Å². The summed E-state index contributed by atoms with van der Waals surface area (Å²) in [7, 11) is -3.20. The highest BCUT2D eigenvalue weighted by molar-refractivity contribution is 7.98. The number of fused-ring (bicyclic) bond motifs is 4. The van der Waals surface area contributed by atoms with Crippen molar-refractivity contribution in [3.63, 3.8) is 0 Å². The molecule has 1 aromatic heterocycles. The first-order valence-corrected chi connectivity index (χ1v) is 12.6. The summed E-state index contributed by atoms with van der Waals surface area (Å²) in [5, 5.41) is 0. The van der Waals surface area contributed by atoms with Crippen LogP contribution in [-0.2, 0) is 16.6 Å². The fourth-order valence-electron chi connectivity index (χ4n) is 4.51. The number of sulfonamides is 1. The molecule has 150 valence electrons. The molecule has 1 aromatic carbocycles. The van der Waals surface area contributed by atoms with E-state index in [0.717, 1.165) is 17.7 Å². The van der Waals surface area contributed by atoms with Crippen LogP contribution in [-0.4, -0.2) is 42.4 Å². The Labute approximate surface area is 170 Å². The van der Waals surface area contributed by atoms with Crippen molar-refractivity contribution in [2.45, 2.75) is 37.1 Å². The molecule has 0 aliphatic carbocycles. The Hall–Kier alpha value is -1.57. The van der Waals surface area contributed by atoms with Gasteiger partial charge in [0.1, 0.15) is 0 Å². The average Bonchev–Trinajstić information content (AvgIpc) is 2.69. The lowest BCUT2D eigenvalue weighted by Crippen LogP contribution is -2.49. The lowest BCUT2D eigenvalue weighted by Gasteiger charge is -2.42. The molecule has 2 bridgehead atoms. The Morgan fingerprint density at radius 3 is 2.50 bits per heavy atom. The van der Waals surface area contributed by atoms with Crippen LogP contribution in [0, 0.1) is 5.92 Å². The molecule has 7 heteroatoms. The number of aromatic nitrogens is 1. The molecule has 0 unspecified atom stereocenters. The number of hydrogen-bond donors (Lipinski definition) is 0. The SMILES string of the molecule is CCCS(=O)(=O)N1C[C@H]2C[C@H](C1)c1ccc(-c3ccc(SC)cc3)c(=O)n1C2. The molecule has 0 spiro atoms. The van der Waals surface area contributed by atoms with E-state index in [0.29, 0.717) is 31.6 Å². The van der Waals surface area contributed by atoms with E-state index in [1.165, 1.54) is 4.90 Å². The van der Waals surface area contributed by atoms with Crippen LogP contribution in [0.4, 0.5) is 0 Å². The van der Waals surface area contributed by atoms with E-state index in [2.05, 4.69) is 0 Å². The molecule has 2 aliphatic heterocycles. The summed E-state index contributed by atoms with van der Waals surface area (Å²) in [6.07, 6.45) is 3.62. The summed E-state index contributed by atoms with van der Waals surface area (Å²) in [6, 6.07) is 12.0. The highest BCUT2D eigenvalue weighted by Gasteiger charge is 2.38. The third kappa shape index (κ3) is 3.55. The van der Waals surface area contributed by atoms with Crippen molar-refractivity contribution in [1.29, 1.82) is 0 Å². The fraction of sp³-hybridized carbons (Fsp3) is 0.476. The maximum absolute atomic E-state index is 13.2. The molecule has 5 nitrogen and oxygen atoms in total. The second-order valence-corrected chi connectivity index (χ2v) is 10.7. The molecule has 28 heavy (non-hydrogen) atoms. The molecule has 0 radical (unpaired) electrons. The second-order valence-electron chi connectivity index (χ2n) is 7.75. The van der Waals surface area contributed by atoms with Gasteiger partial charge in [-0.15, -0.1) is 11.8 Å². The van der Waals surface area contributed by atoms with E-state index in [9.17, 15) is 13.2 Å². The lowest BCUT2D eigenvalue weighted by molar-refractivity contribution is 0.186. The largest absolute Gasteiger partial charge is 0.311 e. The molecule has 3 heterocycles. The predicted octanol–water partition coefficient (Wildman–Crippen LogP) is 3.40. The van der Waals surface area contributed by atoms with Crippen molar-refractivity contribution in [3.8, 4) is 11.1 Å². The van der Waals surface area contributed by atoms with Gasteiger partial charge in [-0.05, 0) is 54.8 Å². The third-order valence-corrected chi connectivity index (χ3v) is 8.58. The normalized spacial score (nSPS) is 22.1. The molecule has 2 aliphatic rings. The Morgan fingerprint density at radius 2 is 1.82 bits per heavy atom. The zero-order valence-corrected chi connectivity index (χ0v) is 17.9. The quantitative estimate of drug-likeness (QED) is 0.699. The maximum Gasteiger partial charge on any atom is 0.258 e. The second kappa shape index (κ2) is 7.69. The number of rotatable bonds is 5. The first kappa shape index (κ1) is 19.7. The Bertz CT molecular complexity index is 1030. The molecule has 4 rings (SSSR count). The van der Waals surface area contributed by atoms with E-state index in [1.807, 2.05) is 54.1 Å². The van der Waals surface area contributed by atoms with Gasteiger partial charge in [0.25, 0.3) is 5.56 Å². The summed E-state index contributed by atoms with van der Waals surface area (Å²) in [5.41, 5.74) is 2.66. The van der Waals surface area contributed by atoms with Crippen molar-refractivity contribution in [1.82, 2.24) is 8.87 Å². The van der Waals surface area contributed by atoms with Crippen LogP contribution in [0.2, 0.25) is 0 Å². The first-order chi connectivity index (χ1) is 13.4. The molecule has 0 N–H and O–H groups in total. The third-order valence-electron chi connectivity index (χ3n) is 5.83. The van der Waals surface area contributed by atoms with Gasteiger partial charge in [-0.3, -0.25) is 4.79 Å². The Balaban J connectivity index is 1.68. The van der Waals surface area contributed by atoms with E-state index < -0.39 is 10.0 Å². The zero-order chi connectivity index (χ0) is 19.9. The van der Waals surface area contributed by atoms with Crippen LogP contribution in [0.1, 0.15) is 31.4 Å². The van der Waals surface area contributed by atoms with Crippen LogP contribution in [0.5, 0.6) is 0 Å².